The van der Waals surface area contributed by atoms with Crippen molar-refractivity contribution in [2.75, 3.05) is 24.4 Å². The summed E-state index contributed by atoms with van der Waals surface area (Å²) in [7, 11) is 1.45. The van der Waals surface area contributed by atoms with E-state index in [0.29, 0.717) is 52.4 Å². The standard InChI is InChI=1S/C29H25FN4O7/c1-39-24-14-21-22(15-25(24)40-16-26(35)34-38)31-13-10-23(21)41-20-8-6-19(7-9-20)33-28(37)29(11-12-29)27(36)32-18-4-2-17(30)3-5-18/h2-10,13-15,38H,11-12,16H2,1H3,(H,32,36)(H,33,37)(H,34,35). The van der Waals surface area contributed by atoms with Crippen LogP contribution >= 0.6 is 0 Å². The Morgan fingerprint density at radius 3 is 2.12 bits per heavy atom. The van der Waals surface area contributed by atoms with Crippen molar-refractivity contribution in [2.24, 2.45) is 5.41 Å². The normalized spacial score (nSPS) is 13.1. The van der Waals surface area contributed by atoms with E-state index in [2.05, 4.69) is 15.6 Å². The van der Waals surface area contributed by atoms with Crippen LogP contribution in [-0.4, -0.2) is 41.6 Å². The van der Waals surface area contributed by atoms with Gasteiger partial charge >= 0.3 is 0 Å². The SMILES string of the molecule is COc1cc2c(Oc3ccc(NC(=O)C4(C(=O)Nc5ccc(F)cc5)CC4)cc3)ccnc2cc1OCC(=O)NO. The molecule has 41 heavy (non-hydrogen) atoms. The van der Waals surface area contributed by atoms with Gasteiger partial charge in [0.2, 0.25) is 11.8 Å². The Morgan fingerprint density at radius 2 is 1.54 bits per heavy atom. The number of hydrogen-bond acceptors (Lipinski definition) is 8. The lowest BCUT2D eigenvalue weighted by atomic mass is 10.0. The number of hydrogen-bond donors (Lipinski definition) is 4. The zero-order chi connectivity index (χ0) is 29.0. The molecular formula is C29H25FN4O7. The number of pyridine rings is 1. The van der Waals surface area contributed by atoms with Crippen molar-refractivity contribution in [3.8, 4) is 23.0 Å². The summed E-state index contributed by atoms with van der Waals surface area (Å²) >= 11 is 0. The van der Waals surface area contributed by atoms with Gasteiger partial charge in [-0.15, -0.1) is 0 Å². The number of fused-ring (bicyclic) bond motifs is 1. The molecule has 0 spiro atoms. The summed E-state index contributed by atoms with van der Waals surface area (Å²) in [4.78, 5) is 41.4. The van der Waals surface area contributed by atoms with Crippen molar-refractivity contribution >= 4 is 40.0 Å². The summed E-state index contributed by atoms with van der Waals surface area (Å²) in [5.74, 6) is -0.470. The van der Waals surface area contributed by atoms with E-state index in [4.69, 9.17) is 19.4 Å². The number of aromatic nitrogens is 1. The molecule has 1 aliphatic rings. The van der Waals surface area contributed by atoms with Gasteiger partial charge in [-0.2, -0.15) is 0 Å². The van der Waals surface area contributed by atoms with Crippen LogP contribution in [0.15, 0.2) is 72.9 Å². The van der Waals surface area contributed by atoms with Crippen LogP contribution in [0.1, 0.15) is 12.8 Å². The highest BCUT2D eigenvalue weighted by molar-refractivity contribution is 6.16. The molecule has 0 radical (unpaired) electrons. The molecule has 0 bridgehead atoms. The van der Waals surface area contributed by atoms with Gasteiger partial charge in [0.15, 0.2) is 18.1 Å². The number of amides is 3. The van der Waals surface area contributed by atoms with Gasteiger partial charge in [0.1, 0.15) is 22.7 Å². The van der Waals surface area contributed by atoms with Gasteiger partial charge in [-0.25, -0.2) is 9.87 Å². The van der Waals surface area contributed by atoms with Crippen molar-refractivity contribution in [1.82, 2.24) is 10.5 Å². The first-order chi connectivity index (χ1) is 19.8. The zero-order valence-corrected chi connectivity index (χ0v) is 21.8. The lowest BCUT2D eigenvalue weighted by Gasteiger charge is -2.16. The summed E-state index contributed by atoms with van der Waals surface area (Å²) in [5, 5.41) is 14.8. The van der Waals surface area contributed by atoms with E-state index >= 15 is 0 Å². The zero-order valence-electron chi connectivity index (χ0n) is 21.8. The number of ether oxygens (including phenoxy) is 3. The topological polar surface area (TPSA) is 148 Å². The Kier molecular flexibility index (Phi) is 7.66. The molecule has 0 atom stereocenters. The molecule has 5 rings (SSSR count). The van der Waals surface area contributed by atoms with Crippen LogP contribution in [0.25, 0.3) is 10.9 Å². The van der Waals surface area contributed by atoms with Crippen molar-refractivity contribution < 1.29 is 38.2 Å². The Hall–Kier alpha value is -5.23. The van der Waals surface area contributed by atoms with E-state index in [0.717, 1.165) is 0 Å². The summed E-state index contributed by atoms with van der Waals surface area (Å²) < 4.78 is 30.0. The molecular weight excluding hydrogens is 535 g/mol. The molecule has 0 aliphatic heterocycles. The number of halogens is 1. The number of hydroxylamine groups is 1. The van der Waals surface area contributed by atoms with E-state index in [1.807, 2.05) is 0 Å². The second kappa shape index (κ2) is 11.5. The van der Waals surface area contributed by atoms with Gasteiger partial charge < -0.3 is 24.8 Å². The van der Waals surface area contributed by atoms with Crippen LogP contribution in [0, 0.1) is 11.2 Å². The van der Waals surface area contributed by atoms with Gasteiger partial charge in [0.05, 0.1) is 12.6 Å². The van der Waals surface area contributed by atoms with Crippen LogP contribution in [-0.2, 0) is 14.4 Å². The third kappa shape index (κ3) is 6.02. The third-order valence-corrected chi connectivity index (χ3v) is 6.53. The Bertz CT molecular complexity index is 1610. The van der Waals surface area contributed by atoms with Crippen molar-refractivity contribution in [3.05, 3.63) is 78.7 Å². The van der Waals surface area contributed by atoms with Crippen molar-refractivity contribution in [1.29, 1.82) is 0 Å². The van der Waals surface area contributed by atoms with E-state index in [1.165, 1.54) is 36.9 Å². The van der Waals surface area contributed by atoms with Crippen LogP contribution in [0.4, 0.5) is 15.8 Å². The fourth-order valence-electron chi connectivity index (χ4n) is 4.12. The van der Waals surface area contributed by atoms with E-state index in [1.54, 1.807) is 48.7 Å². The molecule has 0 saturated heterocycles. The van der Waals surface area contributed by atoms with E-state index < -0.39 is 35.6 Å². The maximum atomic E-state index is 13.1. The van der Waals surface area contributed by atoms with Crippen molar-refractivity contribution in [2.45, 2.75) is 12.8 Å². The molecule has 1 saturated carbocycles. The number of anilines is 2. The Balaban J connectivity index is 1.26. The van der Waals surface area contributed by atoms with Crippen LogP contribution in [0.5, 0.6) is 23.0 Å². The molecule has 3 aromatic carbocycles. The maximum absolute atomic E-state index is 13.1. The monoisotopic (exact) mass is 560 g/mol. The molecule has 4 aromatic rings. The fraction of sp³-hybridized carbons (Fsp3) is 0.172. The van der Waals surface area contributed by atoms with Gasteiger partial charge in [0.25, 0.3) is 5.91 Å². The number of benzene rings is 3. The molecule has 1 fully saturated rings. The molecule has 12 heteroatoms. The first kappa shape index (κ1) is 27.3. The van der Waals surface area contributed by atoms with Crippen molar-refractivity contribution in [3.63, 3.8) is 0 Å². The molecule has 11 nitrogen and oxygen atoms in total. The highest BCUT2D eigenvalue weighted by Crippen LogP contribution is 2.47. The molecule has 3 amide bonds. The average Bonchev–Trinajstić information content (AvgIpc) is 3.80. The number of nitrogens with one attached hydrogen (secondary N) is 3. The molecule has 4 N–H and O–H groups in total. The lowest BCUT2D eigenvalue weighted by Crippen LogP contribution is -2.35. The largest absolute Gasteiger partial charge is 0.493 e. The van der Waals surface area contributed by atoms with Gasteiger partial charge in [-0.05, 0) is 73.5 Å². The number of carbonyl (C=O) groups is 3. The highest BCUT2D eigenvalue weighted by atomic mass is 19.1. The minimum absolute atomic E-state index is 0.258. The third-order valence-electron chi connectivity index (χ3n) is 6.53. The predicted octanol–water partition coefficient (Wildman–Crippen LogP) is 4.42. The maximum Gasteiger partial charge on any atom is 0.281 e. The Morgan fingerprint density at radius 1 is 0.902 bits per heavy atom. The van der Waals surface area contributed by atoms with Gasteiger partial charge in [-0.1, -0.05) is 0 Å². The van der Waals surface area contributed by atoms with E-state index in [-0.39, 0.29) is 5.75 Å². The Labute approximate surface area is 233 Å². The minimum Gasteiger partial charge on any atom is -0.493 e. The number of nitrogens with zero attached hydrogens (tertiary/aromatic N) is 1. The number of rotatable bonds is 10. The fourth-order valence-corrected chi connectivity index (χ4v) is 4.12. The summed E-state index contributed by atoms with van der Waals surface area (Å²) in [6, 6.07) is 16.9. The van der Waals surface area contributed by atoms with E-state index in [9.17, 15) is 18.8 Å². The molecule has 1 aromatic heterocycles. The number of methoxy groups -OCH3 is 1. The first-order valence-electron chi connectivity index (χ1n) is 12.5. The molecule has 0 unspecified atom stereocenters. The number of carbonyl (C=O) groups excluding carboxylic acids is 3. The highest BCUT2D eigenvalue weighted by Gasteiger charge is 2.56. The second-order valence-electron chi connectivity index (χ2n) is 9.28. The van der Waals surface area contributed by atoms with Crippen LogP contribution in [0.2, 0.25) is 0 Å². The van der Waals surface area contributed by atoms with Crippen LogP contribution < -0.4 is 30.3 Å². The quantitative estimate of drug-likeness (QED) is 0.127. The summed E-state index contributed by atoms with van der Waals surface area (Å²) in [5.41, 5.74) is 1.73. The molecule has 210 valence electrons. The molecule has 1 heterocycles. The first-order valence-corrected chi connectivity index (χ1v) is 12.5. The van der Waals surface area contributed by atoms with Gasteiger partial charge in [-0.3, -0.25) is 24.6 Å². The second-order valence-corrected chi connectivity index (χ2v) is 9.28. The average molecular weight is 561 g/mol. The smallest absolute Gasteiger partial charge is 0.281 e. The minimum atomic E-state index is -1.18. The lowest BCUT2D eigenvalue weighted by molar-refractivity contribution is -0.132. The predicted molar refractivity (Wildman–Crippen MR) is 146 cm³/mol. The van der Waals surface area contributed by atoms with Crippen LogP contribution in [0.3, 0.4) is 0 Å². The molecule has 1 aliphatic carbocycles. The summed E-state index contributed by atoms with van der Waals surface area (Å²) in [6.07, 6.45) is 2.37. The van der Waals surface area contributed by atoms with Gasteiger partial charge in [0, 0.05) is 29.0 Å². The summed E-state index contributed by atoms with van der Waals surface area (Å²) in [6.45, 7) is -0.419.